The van der Waals surface area contributed by atoms with Crippen LogP contribution in [-0.2, 0) is 16.1 Å². The molecule has 2 aliphatic heterocycles. The van der Waals surface area contributed by atoms with Crippen molar-refractivity contribution in [2.45, 2.75) is 32.4 Å². The van der Waals surface area contributed by atoms with Gasteiger partial charge in [-0.15, -0.1) is 0 Å². The number of rotatable bonds is 4. The van der Waals surface area contributed by atoms with Crippen molar-refractivity contribution in [3.63, 3.8) is 0 Å². The van der Waals surface area contributed by atoms with Crippen molar-refractivity contribution >= 4 is 12.0 Å². The molecule has 130 valence electrons. The van der Waals surface area contributed by atoms with Crippen LogP contribution in [0.1, 0.15) is 25.3 Å². The summed E-state index contributed by atoms with van der Waals surface area (Å²) in [6.07, 6.45) is 1.52. The van der Waals surface area contributed by atoms with Gasteiger partial charge in [0.05, 0.1) is 0 Å². The molecule has 2 fully saturated rings. The van der Waals surface area contributed by atoms with E-state index in [1.807, 2.05) is 35.2 Å². The van der Waals surface area contributed by atoms with Gasteiger partial charge in [0.25, 0.3) is 0 Å². The molecule has 1 aromatic carbocycles. The van der Waals surface area contributed by atoms with Gasteiger partial charge in [-0.1, -0.05) is 30.3 Å². The normalized spacial score (nSPS) is 20.1. The first-order valence-corrected chi connectivity index (χ1v) is 8.55. The lowest BCUT2D eigenvalue weighted by Crippen LogP contribution is -2.60. The molecule has 2 heterocycles. The molecule has 0 saturated carbocycles. The number of carbonyl (C=O) groups excluding carboxylic acids is 2. The fraction of sp³-hybridized carbons (Fsp3) is 0.556. The van der Waals surface area contributed by atoms with Crippen molar-refractivity contribution in [2.24, 2.45) is 5.41 Å². The number of amides is 2. The number of hydrogen-bond acceptors (Lipinski definition) is 4. The highest BCUT2D eigenvalue weighted by atomic mass is 16.5. The van der Waals surface area contributed by atoms with Gasteiger partial charge in [0.15, 0.2) is 0 Å². The highest BCUT2D eigenvalue weighted by molar-refractivity contribution is 5.85. The van der Waals surface area contributed by atoms with Gasteiger partial charge in [-0.3, -0.25) is 4.79 Å². The van der Waals surface area contributed by atoms with Crippen molar-refractivity contribution < 1.29 is 14.3 Å². The van der Waals surface area contributed by atoms with Gasteiger partial charge in [0.1, 0.15) is 12.6 Å². The van der Waals surface area contributed by atoms with Crippen LogP contribution in [0.15, 0.2) is 30.3 Å². The Morgan fingerprint density at radius 2 is 1.92 bits per heavy atom. The topological polar surface area (TPSA) is 70.7 Å². The van der Waals surface area contributed by atoms with Gasteiger partial charge in [-0.25, -0.2) is 4.79 Å². The maximum absolute atomic E-state index is 12.5. The van der Waals surface area contributed by atoms with Crippen LogP contribution >= 0.6 is 0 Å². The molecule has 2 amide bonds. The van der Waals surface area contributed by atoms with Crippen molar-refractivity contribution in [3.05, 3.63) is 35.9 Å². The Bertz CT molecular complexity index is 576. The summed E-state index contributed by atoms with van der Waals surface area (Å²) >= 11 is 0. The summed E-state index contributed by atoms with van der Waals surface area (Å²) in [5.74, 6) is -0.0335. The lowest BCUT2D eigenvalue weighted by atomic mass is 9.73. The summed E-state index contributed by atoms with van der Waals surface area (Å²) in [5.41, 5.74) is 1.32. The van der Waals surface area contributed by atoms with E-state index < -0.39 is 12.1 Å². The number of alkyl carbamates (subject to hydrolysis) is 1. The number of piperidine rings is 1. The molecule has 1 unspecified atom stereocenters. The molecule has 0 aromatic heterocycles. The number of likely N-dealkylation sites (tertiary alicyclic amines) is 1. The molecule has 24 heavy (non-hydrogen) atoms. The lowest BCUT2D eigenvalue weighted by molar-refractivity contribution is -0.135. The second-order valence-corrected chi connectivity index (χ2v) is 6.86. The van der Waals surface area contributed by atoms with Crippen molar-refractivity contribution in [3.8, 4) is 0 Å². The zero-order valence-electron chi connectivity index (χ0n) is 14.1. The van der Waals surface area contributed by atoms with Crippen LogP contribution in [0.3, 0.4) is 0 Å². The molecule has 3 rings (SSSR count). The average Bonchev–Trinajstić information content (AvgIpc) is 2.59. The SMILES string of the molecule is CC(NC(=O)OCc1ccccc1)C(=O)N1CCC2(CC1)CNC2. The molecule has 0 radical (unpaired) electrons. The first-order chi connectivity index (χ1) is 11.6. The number of benzene rings is 1. The zero-order chi connectivity index (χ0) is 17.0. The highest BCUT2D eigenvalue weighted by Gasteiger charge is 2.41. The van der Waals surface area contributed by atoms with E-state index in [4.69, 9.17) is 4.74 Å². The van der Waals surface area contributed by atoms with Gasteiger partial charge in [-0.2, -0.15) is 0 Å². The fourth-order valence-electron chi connectivity index (χ4n) is 3.31. The molecule has 0 aliphatic carbocycles. The van der Waals surface area contributed by atoms with E-state index in [-0.39, 0.29) is 12.5 Å². The van der Waals surface area contributed by atoms with E-state index in [0.29, 0.717) is 5.41 Å². The van der Waals surface area contributed by atoms with Crippen LogP contribution in [-0.4, -0.2) is 49.1 Å². The Morgan fingerprint density at radius 1 is 1.25 bits per heavy atom. The Kier molecular flexibility index (Phi) is 5.04. The van der Waals surface area contributed by atoms with E-state index >= 15 is 0 Å². The number of nitrogens with zero attached hydrogens (tertiary/aromatic N) is 1. The average molecular weight is 331 g/mol. The van der Waals surface area contributed by atoms with Crippen LogP contribution in [0, 0.1) is 5.41 Å². The minimum absolute atomic E-state index is 0.0335. The van der Waals surface area contributed by atoms with Gasteiger partial charge >= 0.3 is 6.09 Å². The number of nitrogens with one attached hydrogen (secondary N) is 2. The van der Waals surface area contributed by atoms with Crippen LogP contribution in [0.4, 0.5) is 4.79 Å². The molecule has 1 aromatic rings. The monoisotopic (exact) mass is 331 g/mol. The molecule has 2 N–H and O–H groups in total. The van der Waals surface area contributed by atoms with Crippen molar-refractivity contribution in [2.75, 3.05) is 26.2 Å². The van der Waals surface area contributed by atoms with E-state index in [0.717, 1.165) is 44.6 Å². The number of ether oxygens (including phenoxy) is 1. The first kappa shape index (κ1) is 16.8. The van der Waals surface area contributed by atoms with Crippen LogP contribution in [0.2, 0.25) is 0 Å². The van der Waals surface area contributed by atoms with Gasteiger partial charge in [0.2, 0.25) is 5.91 Å². The minimum atomic E-state index is -0.568. The number of hydrogen-bond donors (Lipinski definition) is 2. The number of carbonyl (C=O) groups is 2. The first-order valence-electron chi connectivity index (χ1n) is 8.55. The van der Waals surface area contributed by atoms with Crippen LogP contribution in [0.25, 0.3) is 0 Å². The Hall–Kier alpha value is -2.08. The smallest absolute Gasteiger partial charge is 0.408 e. The summed E-state index contributed by atoms with van der Waals surface area (Å²) in [5, 5.41) is 5.95. The van der Waals surface area contributed by atoms with Gasteiger partial charge in [0, 0.05) is 26.2 Å². The van der Waals surface area contributed by atoms with Gasteiger partial charge < -0.3 is 20.3 Å². The van der Waals surface area contributed by atoms with Crippen molar-refractivity contribution in [1.29, 1.82) is 0 Å². The minimum Gasteiger partial charge on any atom is -0.445 e. The third-order valence-corrected chi connectivity index (χ3v) is 5.05. The molecule has 6 nitrogen and oxygen atoms in total. The molecule has 2 aliphatic rings. The van der Waals surface area contributed by atoms with E-state index in [9.17, 15) is 9.59 Å². The fourth-order valence-corrected chi connectivity index (χ4v) is 3.31. The second-order valence-electron chi connectivity index (χ2n) is 6.86. The summed E-state index contributed by atoms with van der Waals surface area (Å²) in [6.45, 7) is 5.58. The Balaban J connectivity index is 1.41. The summed E-state index contributed by atoms with van der Waals surface area (Å²) in [6, 6.07) is 8.91. The standard InChI is InChI=1S/C18H25N3O3/c1-14(20-17(23)24-11-15-5-3-2-4-6-15)16(22)21-9-7-18(8-10-21)12-19-13-18/h2-6,14,19H,7-13H2,1H3,(H,20,23). The van der Waals surface area contributed by atoms with E-state index in [2.05, 4.69) is 10.6 Å². The maximum atomic E-state index is 12.5. The summed E-state index contributed by atoms with van der Waals surface area (Å²) < 4.78 is 5.17. The molecule has 1 spiro atoms. The van der Waals surface area contributed by atoms with Crippen LogP contribution < -0.4 is 10.6 Å². The largest absolute Gasteiger partial charge is 0.445 e. The predicted molar refractivity (Wildman–Crippen MR) is 90.3 cm³/mol. The molecular formula is C18H25N3O3. The lowest BCUT2D eigenvalue weighted by Gasteiger charge is -2.48. The van der Waals surface area contributed by atoms with Gasteiger partial charge in [-0.05, 0) is 30.7 Å². The quantitative estimate of drug-likeness (QED) is 0.877. The maximum Gasteiger partial charge on any atom is 0.408 e. The Labute approximate surface area is 142 Å². The predicted octanol–water partition coefficient (Wildman–Crippen LogP) is 1.51. The molecule has 2 saturated heterocycles. The van der Waals surface area contributed by atoms with Crippen molar-refractivity contribution in [1.82, 2.24) is 15.5 Å². The third-order valence-electron chi connectivity index (χ3n) is 5.05. The molecule has 1 atom stereocenters. The summed E-state index contributed by atoms with van der Waals surface area (Å²) in [7, 11) is 0. The highest BCUT2D eigenvalue weighted by Crippen LogP contribution is 2.34. The summed E-state index contributed by atoms with van der Waals surface area (Å²) in [4.78, 5) is 26.2. The van der Waals surface area contributed by atoms with Crippen LogP contribution in [0.5, 0.6) is 0 Å². The zero-order valence-corrected chi connectivity index (χ0v) is 14.1. The van der Waals surface area contributed by atoms with E-state index in [1.165, 1.54) is 0 Å². The van der Waals surface area contributed by atoms with E-state index in [1.54, 1.807) is 6.92 Å². The second kappa shape index (κ2) is 7.21. The Morgan fingerprint density at radius 3 is 2.50 bits per heavy atom. The molecule has 6 heteroatoms. The molecule has 0 bridgehead atoms. The molecular weight excluding hydrogens is 306 g/mol. The third kappa shape index (κ3) is 3.87.